The maximum absolute atomic E-state index is 12.8. The lowest BCUT2D eigenvalue weighted by atomic mass is 10.0. The van der Waals surface area contributed by atoms with Crippen LogP contribution in [0.1, 0.15) is 44.4 Å². The third kappa shape index (κ3) is 6.12. The van der Waals surface area contributed by atoms with Crippen molar-refractivity contribution in [2.24, 2.45) is 5.92 Å². The molecular weight excluding hydrogens is 377 g/mol. The van der Waals surface area contributed by atoms with E-state index in [1.54, 1.807) is 20.8 Å². The standard InChI is InChI=1S/C19H25F3N2O4/c1-18(2,3)28-17(27)24-8-7-13(11-24)16(26)23-10-15(25)12-5-4-6-14(9-12)19(20,21)22/h4-6,9,13,15,25H,7-8,10-11H2,1-3H3,(H,23,26). The molecule has 0 bridgehead atoms. The van der Waals surface area contributed by atoms with E-state index in [1.165, 1.54) is 17.0 Å². The van der Waals surface area contributed by atoms with Crippen molar-refractivity contribution in [2.75, 3.05) is 19.6 Å². The van der Waals surface area contributed by atoms with Gasteiger partial charge in [-0.25, -0.2) is 4.79 Å². The quantitative estimate of drug-likeness (QED) is 0.811. The van der Waals surface area contributed by atoms with Gasteiger partial charge in [-0.2, -0.15) is 13.2 Å². The van der Waals surface area contributed by atoms with Crippen LogP contribution in [-0.2, 0) is 15.7 Å². The monoisotopic (exact) mass is 402 g/mol. The molecule has 6 nitrogen and oxygen atoms in total. The second kappa shape index (κ2) is 8.38. The fourth-order valence-corrected chi connectivity index (χ4v) is 2.85. The highest BCUT2D eigenvalue weighted by molar-refractivity contribution is 5.80. The third-order valence-corrected chi connectivity index (χ3v) is 4.28. The van der Waals surface area contributed by atoms with Crippen molar-refractivity contribution in [3.05, 3.63) is 35.4 Å². The summed E-state index contributed by atoms with van der Waals surface area (Å²) in [4.78, 5) is 25.8. The zero-order valence-corrected chi connectivity index (χ0v) is 16.0. The van der Waals surface area contributed by atoms with Gasteiger partial charge in [0.05, 0.1) is 17.6 Å². The number of aliphatic hydroxyl groups excluding tert-OH is 1. The van der Waals surface area contributed by atoms with E-state index in [9.17, 15) is 27.9 Å². The molecule has 2 N–H and O–H groups in total. The molecule has 156 valence electrons. The van der Waals surface area contributed by atoms with Crippen molar-refractivity contribution in [1.82, 2.24) is 10.2 Å². The van der Waals surface area contributed by atoms with E-state index >= 15 is 0 Å². The number of carbonyl (C=O) groups excluding carboxylic acids is 2. The van der Waals surface area contributed by atoms with Crippen molar-refractivity contribution in [2.45, 2.75) is 45.1 Å². The molecule has 0 saturated carbocycles. The summed E-state index contributed by atoms with van der Waals surface area (Å²) in [6.45, 7) is 5.60. The Bertz CT molecular complexity index is 716. The van der Waals surface area contributed by atoms with Crippen LogP contribution in [0.2, 0.25) is 0 Å². The van der Waals surface area contributed by atoms with Crippen LogP contribution in [0.4, 0.5) is 18.0 Å². The number of aliphatic hydroxyl groups is 1. The summed E-state index contributed by atoms with van der Waals surface area (Å²) in [6, 6.07) is 4.35. The van der Waals surface area contributed by atoms with Gasteiger partial charge in [0.1, 0.15) is 5.60 Å². The van der Waals surface area contributed by atoms with Gasteiger partial charge in [0, 0.05) is 19.6 Å². The van der Waals surface area contributed by atoms with Crippen molar-refractivity contribution >= 4 is 12.0 Å². The van der Waals surface area contributed by atoms with Crippen LogP contribution in [-0.4, -0.2) is 47.2 Å². The highest BCUT2D eigenvalue weighted by Gasteiger charge is 2.34. The first-order valence-electron chi connectivity index (χ1n) is 8.97. The first kappa shape index (κ1) is 22.0. The molecule has 1 aromatic carbocycles. The smallest absolute Gasteiger partial charge is 0.416 e. The predicted octanol–water partition coefficient (Wildman–Crippen LogP) is 3.11. The number of benzene rings is 1. The minimum atomic E-state index is -4.51. The molecule has 1 heterocycles. The summed E-state index contributed by atoms with van der Waals surface area (Å²) in [6.07, 6.45) is -5.82. The molecule has 1 aromatic rings. The second-order valence-corrected chi connectivity index (χ2v) is 7.80. The number of amides is 2. The van der Waals surface area contributed by atoms with Gasteiger partial charge in [-0.3, -0.25) is 4.79 Å². The van der Waals surface area contributed by atoms with Gasteiger partial charge in [-0.1, -0.05) is 12.1 Å². The maximum Gasteiger partial charge on any atom is 0.416 e. The maximum atomic E-state index is 12.8. The zero-order valence-electron chi connectivity index (χ0n) is 16.0. The molecule has 0 aromatic heterocycles. The predicted molar refractivity (Wildman–Crippen MR) is 95.3 cm³/mol. The summed E-state index contributed by atoms with van der Waals surface area (Å²) < 4.78 is 43.6. The summed E-state index contributed by atoms with van der Waals surface area (Å²) in [5.41, 5.74) is -1.43. The average molecular weight is 402 g/mol. The summed E-state index contributed by atoms with van der Waals surface area (Å²) >= 11 is 0. The lowest BCUT2D eigenvalue weighted by Crippen LogP contribution is -2.38. The number of nitrogens with zero attached hydrogens (tertiary/aromatic N) is 1. The summed E-state index contributed by atoms with van der Waals surface area (Å²) in [5.74, 6) is -0.821. The van der Waals surface area contributed by atoms with E-state index in [-0.39, 0.29) is 24.6 Å². The summed E-state index contributed by atoms with van der Waals surface area (Å²) in [5, 5.41) is 12.6. The van der Waals surface area contributed by atoms with Crippen LogP contribution in [0.5, 0.6) is 0 Å². The Kier molecular flexibility index (Phi) is 6.59. The number of carbonyl (C=O) groups is 2. The van der Waals surface area contributed by atoms with Crippen molar-refractivity contribution in [1.29, 1.82) is 0 Å². The molecule has 0 radical (unpaired) electrons. The van der Waals surface area contributed by atoms with Gasteiger partial charge in [0.25, 0.3) is 0 Å². The number of likely N-dealkylation sites (tertiary alicyclic amines) is 1. The number of alkyl halides is 3. The fraction of sp³-hybridized carbons (Fsp3) is 0.579. The topological polar surface area (TPSA) is 78.9 Å². The summed E-state index contributed by atoms with van der Waals surface area (Å²) in [7, 11) is 0. The Morgan fingerprint density at radius 1 is 1.32 bits per heavy atom. The van der Waals surface area contributed by atoms with Gasteiger partial charge >= 0.3 is 12.3 Å². The zero-order chi connectivity index (χ0) is 21.1. The number of hydrogen-bond donors (Lipinski definition) is 2. The normalized spacial score (nSPS) is 18.7. The van der Waals surface area contributed by atoms with Crippen molar-refractivity contribution in [3.63, 3.8) is 0 Å². The molecule has 0 aliphatic carbocycles. The molecule has 2 amide bonds. The third-order valence-electron chi connectivity index (χ3n) is 4.28. The molecule has 2 unspecified atom stereocenters. The van der Waals surface area contributed by atoms with Crippen LogP contribution in [0.3, 0.4) is 0 Å². The Hall–Kier alpha value is -2.29. The van der Waals surface area contributed by atoms with Gasteiger partial charge in [-0.15, -0.1) is 0 Å². The van der Waals surface area contributed by atoms with E-state index < -0.39 is 35.5 Å². The van der Waals surface area contributed by atoms with E-state index in [4.69, 9.17) is 4.74 Å². The number of halogens is 3. The molecule has 2 atom stereocenters. The van der Waals surface area contributed by atoms with Crippen LogP contribution in [0, 0.1) is 5.92 Å². The van der Waals surface area contributed by atoms with Crippen LogP contribution >= 0.6 is 0 Å². The number of ether oxygens (including phenoxy) is 1. The molecule has 2 rings (SSSR count). The second-order valence-electron chi connectivity index (χ2n) is 7.80. The van der Waals surface area contributed by atoms with E-state index in [1.807, 2.05) is 0 Å². The minimum absolute atomic E-state index is 0.0666. The highest BCUT2D eigenvalue weighted by Crippen LogP contribution is 2.30. The van der Waals surface area contributed by atoms with Crippen LogP contribution in [0.15, 0.2) is 24.3 Å². The Balaban J connectivity index is 1.87. The Morgan fingerprint density at radius 3 is 2.61 bits per heavy atom. The van der Waals surface area contributed by atoms with Gasteiger partial charge in [0.2, 0.25) is 5.91 Å². The van der Waals surface area contributed by atoms with Crippen molar-refractivity contribution in [3.8, 4) is 0 Å². The minimum Gasteiger partial charge on any atom is -0.444 e. The van der Waals surface area contributed by atoms with Crippen LogP contribution in [0.25, 0.3) is 0 Å². The number of rotatable bonds is 4. The van der Waals surface area contributed by atoms with E-state index in [2.05, 4.69) is 5.32 Å². The lowest BCUT2D eigenvalue weighted by molar-refractivity contribution is -0.137. The van der Waals surface area contributed by atoms with Gasteiger partial charge in [0.15, 0.2) is 0 Å². The molecule has 28 heavy (non-hydrogen) atoms. The van der Waals surface area contributed by atoms with Crippen molar-refractivity contribution < 1.29 is 32.6 Å². The first-order chi connectivity index (χ1) is 12.9. The Morgan fingerprint density at radius 2 is 2.00 bits per heavy atom. The molecule has 1 fully saturated rings. The fourth-order valence-electron chi connectivity index (χ4n) is 2.85. The highest BCUT2D eigenvalue weighted by atomic mass is 19.4. The molecule has 0 spiro atoms. The van der Waals surface area contributed by atoms with Gasteiger partial charge in [-0.05, 0) is 44.9 Å². The molecule has 1 aliphatic heterocycles. The average Bonchev–Trinajstić information content (AvgIpc) is 3.07. The molecule has 9 heteroatoms. The van der Waals surface area contributed by atoms with E-state index in [0.29, 0.717) is 13.0 Å². The number of nitrogens with one attached hydrogen (secondary N) is 1. The lowest BCUT2D eigenvalue weighted by Gasteiger charge is -2.24. The molecule has 1 saturated heterocycles. The molecule has 1 aliphatic rings. The first-order valence-corrected chi connectivity index (χ1v) is 8.97. The van der Waals surface area contributed by atoms with E-state index in [0.717, 1.165) is 12.1 Å². The Labute approximate surface area is 161 Å². The SMILES string of the molecule is CC(C)(C)OC(=O)N1CCC(C(=O)NCC(O)c2cccc(C(F)(F)F)c2)C1. The van der Waals surface area contributed by atoms with Crippen LogP contribution < -0.4 is 5.32 Å². The largest absolute Gasteiger partial charge is 0.444 e. The number of hydrogen-bond acceptors (Lipinski definition) is 4. The van der Waals surface area contributed by atoms with Gasteiger partial charge < -0.3 is 20.1 Å². The molecular formula is C19H25F3N2O4.